The molecule has 0 saturated heterocycles. The first-order valence-electron chi connectivity index (χ1n) is 5.42. The standard InChI is InChI=1S/C12H14N4O2/c1-7-2-3-9-11(4-7)16(14)10(8(13)6-17)5-12(18)15-9/h2-4,6H,5,13-14H2,1H3,(H,15,18)/b10-8-. The fourth-order valence-electron chi connectivity index (χ4n) is 1.83. The summed E-state index contributed by atoms with van der Waals surface area (Å²) in [5.74, 6) is 5.69. The molecule has 0 aromatic heterocycles. The number of aryl methyl sites for hydroxylation is 1. The Hall–Kier alpha value is -2.34. The van der Waals surface area contributed by atoms with Crippen LogP contribution < -0.4 is 21.9 Å². The van der Waals surface area contributed by atoms with Gasteiger partial charge >= 0.3 is 0 Å². The zero-order chi connectivity index (χ0) is 13.3. The van der Waals surface area contributed by atoms with Crippen LogP contribution in [-0.4, -0.2) is 12.2 Å². The molecule has 2 rings (SSSR count). The molecule has 1 amide bonds. The van der Waals surface area contributed by atoms with Gasteiger partial charge in [-0.3, -0.25) is 14.6 Å². The van der Waals surface area contributed by atoms with Crippen molar-refractivity contribution in [1.82, 2.24) is 0 Å². The van der Waals surface area contributed by atoms with Crippen LogP contribution in [0.1, 0.15) is 12.0 Å². The Balaban J connectivity index is 2.60. The van der Waals surface area contributed by atoms with Gasteiger partial charge in [0.05, 0.1) is 29.2 Å². The molecule has 1 aromatic carbocycles. The number of carbonyl (C=O) groups is 2. The van der Waals surface area contributed by atoms with Gasteiger partial charge in [-0.15, -0.1) is 0 Å². The first-order valence-corrected chi connectivity index (χ1v) is 5.42. The lowest BCUT2D eigenvalue weighted by atomic mass is 10.2. The van der Waals surface area contributed by atoms with Crippen LogP contribution in [0.4, 0.5) is 11.4 Å². The smallest absolute Gasteiger partial charge is 0.230 e. The predicted octanol–water partition coefficient (Wildman–Crippen LogP) is 0.387. The normalized spacial score (nSPS) is 17.7. The number of anilines is 2. The van der Waals surface area contributed by atoms with Crippen LogP contribution in [-0.2, 0) is 9.59 Å². The first kappa shape index (κ1) is 12.1. The predicted molar refractivity (Wildman–Crippen MR) is 68.4 cm³/mol. The lowest BCUT2D eigenvalue weighted by Crippen LogP contribution is -2.32. The van der Waals surface area contributed by atoms with Gasteiger partial charge in [-0.2, -0.15) is 0 Å². The maximum absolute atomic E-state index is 11.7. The third-order valence-electron chi connectivity index (χ3n) is 2.77. The lowest BCUT2D eigenvalue weighted by Gasteiger charge is -2.21. The highest BCUT2D eigenvalue weighted by atomic mass is 16.1. The van der Waals surface area contributed by atoms with Crippen LogP contribution in [0.15, 0.2) is 29.6 Å². The van der Waals surface area contributed by atoms with Gasteiger partial charge in [0.15, 0.2) is 6.29 Å². The van der Waals surface area contributed by atoms with E-state index in [0.717, 1.165) is 5.56 Å². The summed E-state index contributed by atoms with van der Waals surface area (Å²) in [6.45, 7) is 1.91. The number of rotatable bonds is 1. The second-order valence-corrected chi connectivity index (χ2v) is 4.14. The zero-order valence-electron chi connectivity index (χ0n) is 9.93. The summed E-state index contributed by atoms with van der Waals surface area (Å²) in [5.41, 5.74) is 8.03. The quantitative estimate of drug-likeness (QED) is 0.378. The van der Waals surface area contributed by atoms with Gasteiger partial charge in [0.1, 0.15) is 0 Å². The minimum atomic E-state index is -0.257. The molecule has 1 heterocycles. The summed E-state index contributed by atoms with van der Waals surface area (Å²) in [6, 6.07) is 5.45. The molecular formula is C12H14N4O2. The van der Waals surface area contributed by atoms with E-state index >= 15 is 0 Å². The lowest BCUT2D eigenvalue weighted by molar-refractivity contribution is -0.115. The molecule has 0 bridgehead atoms. The number of hydrazine groups is 1. The van der Waals surface area contributed by atoms with E-state index in [2.05, 4.69) is 5.32 Å². The number of fused-ring (bicyclic) bond motifs is 1. The molecule has 6 heteroatoms. The Bertz CT molecular complexity index is 551. The number of nitrogens with two attached hydrogens (primary N) is 2. The number of carbonyl (C=O) groups excluding carboxylic acids is 2. The van der Waals surface area contributed by atoms with Gasteiger partial charge in [-0.25, -0.2) is 5.84 Å². The van der Waals surface area contributed by atoms with Crippen LogP contribution in [0, 0.1) is 6.92 Å². The number of allylic oxidation sites excluding steroid dienone is 1. The van der Waals surface area contributed by atoms with E-state index in [-0.39, 0.29) is 18.0 Å². The molecule has 0 saturated carbocycles. The van der Waals surface area contributed by atoms with Crippen molar-refractivity contribution in [3.63, 3.8) is 0 Å². The highest BCUT2D eigenvalue weighted by molar-refractivity contribution is 5.99. The minimum Gasteiger partial charge on any atom is -0.395 e. The Morgan fingerprint density at radius 1 is 1.50 bits per heavy atom. The van der Waals surface area contributed by atoms with E-state index in [9.17, 15) is 9.59 Å². The molecule has 5 N–H and O–H groups in total. The summed E-state index contributed by atoms with van der Waals surface area (Å²) in [7, 11) is 0. The van der Waals surface area contributed by atoms with Crippen molar-refractivity contribution in [3.05, 3.63) is 35.2 Å². The van der Waals surface area contributed by atoms with E-state index in [4.69, 9.17) is 11.6 Å². The fourth-order valence-corrected chi connectivity index (χ4v) is 1.83. The monoisotopic (exact) mass is 246 g/mol. The third-order valence-corrected chi connectivity index (χ3v) is 2.77. The zero-order valence-corrected chi connectivity index (χ0v) is 9.93. The number of hydrogen-bond acceptors (Lipinski definition) is 5. The highest BCUT2D eigenvalue weighted by Gasteiger charge is 2.23. The molecular weight excluding hydrogens is 232 g/mol. The molecule has 94 valence electrons. The number of hydrogen-bond donors (Lipinski definition) is 3. The van der Waals surface area contributed by atoms with E-state index in [0.29, 0.717) is 23.4 Å². The van der Waals surface area contributed by atoms with Crippen molar-refractivity contribution < 1.29 is 9.59 Å². The van der Waals surface area contributed by atoms with Gasteiger partial charge < -0.3 is 11.1 Å². The molecule has 0 radical (unpaired) electrons. The number of nitrogens with one attached hydrogen (secondary N) is 1. The number of amides is 1. The van der Waals surface area contributed by atoms with E-state index in [1.54, 1.807) is 6.07 Å². The maximum atomic E-state index is 11.7. The molecule has 1 aromatic rings. The molecule has 0 atom stereocenters. The molecule has 18 heavy (non-hydrogen) atoms. The van der Waals surface area contributed by atoms with Crippen LogP contribution in [0.2, 0.25) is 0 Å². The maximum Gasteiger partial charge on any atom is 0.230 e. The molecule has 0 aliphatic carbocycles. The second kappa shape index (κ2) is 4.50. The Kier molecular flexibility index (Phi) is 3.03. The van der Waals surface area contributed by atoms with Crippen LogP contribution in [0.3, 0.4) is 0 Å². The minimum absolute atomic E-state index is 0.0329. The summed E-state index contributed by atoms with van der Waals surface area (Å²) in [4.78, 5) is 22.5. The van der Waals surface area contributed by atoms with Gasteiger partial charge in [0.25, 0.3) is 0 Å². The average molecular weight is 246 g/mol. The summed E-state index contributed by atoms with van der Waals surface area (Å²) < 4.78 is 0. The molecule has 0 fully saturated rings. The van der Waals surface area contributed by atoms with Crippen molar-refractivity contribution >= 4 is 23.6 Å². The molecule has 6 nitrogen and oxygen atoms in total. The summed E-state index contributed by atoms with van der Waals surface area (Å²) in [5, 5.41) is 4.00. The fraction of sp³-hybridized carbons (Fsp3) is 0.167. The van der Waals surface area contributed by atoms with Crippen molar-refractivity contribution in [2.45, 2.75) is 13.3 Å². The molecule has 1 aliphatic heterocycles. The number of benzene rings is 1. The SMILES string of the molecule is Cc1ccc2c(c1)N(N)/C(=C(\N)C=O)CC(=O)N2. The Morgan fingerprint density at radius 2 is 2.22 bits per heavy atom. The van der Waals surface area contributed by atoms with Crippen molar-refractivity contribution in [2.75, 3.05) is 10.3 Å². The van der Waals surface area contributed by atoms with E-state index < -0.39 is 0 Å². The largest absolute Gasteiger partial charge is 0.395 e. The van der Waals surface area contributed by atoms with Crippen LogP contribution in [0.25, 0.3) is 0 Å². The first-order chi connectivity index (χ1) is 8.52. The van der Waals surface area contributed by atoms with Crippen LogP contribution in [0.5, 0.6) is 0 Å². The van der Waals surface area contributed by atoms with Gasteiger partial charge in [0.2, 0.25) is 5.91 Å². The number of nitrogens with zero attached hydrogens (tertiary/aromatic N) is 1. The summed E-state index contributed by atoms with van der Waals surface area (Å²) >= 11 is 0. The third kappa shape index (κ3) is 2.05. The number of aldehydes is 1. The summed E-state index contributed by atoms with van der Waals surface area (Å²) in [6.07, 6.45) is 0.456. The van der Waals surface area contributed by atoms with E-state index in [1.165, 1.54) is 5.01 Å². The topological polar surface area (TPSA) is 101 Å². The second-order valence-electron chi connectivity index (χ2n) is 4.14. The Labute approximate surface area is 104 Å². The van der Waals surface area contributed by atoms with E-state index in [1.807, 2.05) is 19.1 Å². The molecule has 0 spiro atoms. The highest BCUT2D eigenvalue weighted by Crippen LogP contribution is 2.31. The molecule has 1 aliphatic rings. The van der Waals surface area contributed by atoms with Crippen LogP contribution >= 0.6 is 0 Å². The van der Waals surface area contributed by atoms with Crippen molar-refractivity contribution in [3.8, 4) is 0 Å². The van der Waals surface area contributed by atoms with Gasteiger partial charge in [-0.05, 0) is 24.6 Å². The van der Waals surface area contributed by atoms with Crippen molar-refractivity contribution in [2.24, 2.45) is 11.6 Å². The molecule has 0 unspecified atom stereocenters. The van der Waals surface area contributed by atoms with Crippen molar-refractivity contribution in [1.29, 1.82) is 0 Å². The Morgan fingerprint density at radius 3 is 2.89 bits per heavy atom. The van der Waals surface area contributed by atoms with Gasteiger partial charge in [-0.1, -0.05) is 6.07 Å². The average Bonchev–Trinajstić information content (AvgIpc) is 2.47. The van der Waals surface area contributed by atoms with Gasteiger partial charge in [0, 0.05) is 0 Å².